The number of nitrogens with one attached hydrogen (secondary N) is 1. The molecule has 0 radical (unpaired) electrons. The van der Waals surface area contributed by atoms with Crippen LogP contribution >= 0.6 is 27.5 Å². The number of hydrogen-bond donors (Lipinski definition) is 1. The first-order valence-electron chi connectivity index (χ1n) is 7.22. The van der Waals surface area contributed by atoms with Gasteiger partial charge in [0.05, 0.1) is 0 Å². The van der Waals surface area contributed by atoms with Crippen molar-refractivity contribution in [2.24, 2.45) is 5.92 Å². The zero-order valence-corrected chi connectivity index (χ0v) is 15.1. The van der Waals surface area contributed by atoms with Crippen LogP contribution in [0, 0.1) is 5.92 Å². The highest BCUT2D eigenvalue weighted by atomic mass is 79.9. The van der Waals surface area contributed by atoms with Crippen LogP contribution in [0.2, 0.25) is 5.02 Å². The standard InChI is InChI=1S/C16H24BrClN2/c1-11(2)15-9-20(16(3,4)10-19-15)8-12-5-6-13(17)7-14(12)18/h5-7,11,15,19H,8-10H2,1-4H3. The van der Waals surface area contributed by atoms with Crippen LogP contribution in [0.15, 0.2) is 22.7 Å². The van der Waals surface area contributed by atoms with Crippen LogP contribution in [-0.4, -0.2) is 29.6 Å². The van der Waals surface area contributed by atoms with Crippen molar-refractivity contribution in [2.75, 3.05) is 13.1 Å². The molecule has 1 aliphatic heterocycles. The average molecular weight is 360 g/mol. The quantitative estimate of drug-likeness (QED) is 0.865. The second-order valence-electron chi connectivity index (χ2n) is 6.66. The number of benzene rings is 1. The average Bonchev–Trinajstić information content (AvgIpc) is 2.34. The maximum absolute atomic E-state index is 6.37. The number of nitrogens with zero attached hydrogens (tertiary/aromatic N) is 1. The first-order valence-corrected chi connectivity index (χ1v) is 8.39. The van der Waals surface area contributed by atoms with Crippen LogP contribution in [0.4, 0.5) is 0 Å². The number of piperazine rings is 1. The minimum Gasteiger partial charge on any atom is -0.311 e. The molecule has 1 N–H and O–H groups in total. The lowest BCUT2D eigenvalue weighted by molar-refractivity contribution is 0.0475. The van der Waals surface area contributed by atoms with Gasteiger partial charge in [-0.3, -0.25) is 4.90 Å². The van der Waals surface area contributed by atoms with E-state index in [2.05, 4.69) is 66.0 Å². The molecule has 112 valence electrons. The van der Waals surface area contributed by atoms with Crippen LogP contribution in [0.5, 0.6) is 0 Å². The van der Waals surface area contributed by atoms with Crippen molar-refractivity contribution in [3.8, 4) is 0 Å². The summed E-state index contributed by atoms with van der Waals surface area (Å²) in [5.41, 5.74) is 1.36. The first-order chi connectivity index (χ1) is 9.29. The van der Waals surface area contributed by atoms with E-state index in [-0.39, 0.29) is 5.54 Å². The SMILES string of the molecule is CC(C)C1CN(Cc2ccc(Br)cc2Cl)C(C)(C)CN1. The summed E-state index contributed by atoms with van der Waals surface area (Å²) in [5.74, 6) is 0.647. The van der Waals surface area contributed by atoms with E-state index in [1.165, 1.54) is 5.56 Å². The third-order valence-electron chi connectivity index (χ3n) is 4.25. The molecule has 0 aromatic heterocycles. The van der Waals surface area contributed by atoms with E-state index >= 15 is 0 Å². The van der Waals surface area contributed by atoms with Crippen molar-refractivity contribution >= 4 is 27.5 Å². The molecule has 1 aromatic rings. The van der Waals surface area contributed by atoms with Gasteiger partial charge in [0.1, 0.15) is 0 Å². The monoisotopic (exact) mass is 358 g/mol. The van der Waals surface area contributed by atoms with E-state index in [9.17, 15) is 0 Å². The van der Waals surface area contributed by atoms with Gasteiger partial charge in [-0.15, -0.1) is 0 Å². The molecule has 2 rings (SSSR count). The summed E-state index contributed by atoms with van der Waals surface area (Å²) in [5, 5.41) is 4.51. The second-order valence-corrected chi connectivity index (χ2v) is 7.98. The smallest absolute Gasteiger partial charge is 0.0462 e. The third-order valence-corrected chi connectivity index (χ3v) is 5.10. The molecule has 4 heteroatoms. The van der Waals surface area contributed by atoms with E-state index in [0.29, 0.717) is 12.0 Å². The zero-order valence-electron chi connectivity index (χ0n) is 12.7. The molecule has 0 aliphatic carbocycles. The van der Waals surface area contributed by atoms with Crippen LogP contribution in [-0.2, 0) is 6.54 Å². The predicted octanol–water partition coefficient (Wildman–Crippen LogP) is 4.31. The number of halogens is 2. The molecule has 2 nitrogen and oxygen atoms in total. The van der Waals surface area contributed by atoms with Crippen molar-refractivity contribution in [1.82, 2.24) is 10.2 Å². The topological polar surface area (TPSA) is 15.3 Å². The van der Waals surface area contributed by atoms with Gasteiger partial charge >= 0.3 is 0 Å². The number of hydrogen-bond acceptors (Lipinski definition) is 2. The van der Waals surface area contributed by atoms with Crippen LogP contribution in [0.1, 0.15) is 33.3 Å². The summed E-state index contributed by atoms with van der Waals surface area (Å²) < 4.78 is 1.03. The molecule has 20 heavy (non-hydrogen) atoms. The van der Waals surface area contributed by atoms with Crippen LogP contribution in [0.25, 0.3) is 0 Å². The van der Waals surface area contributed by atoms with Crippen molar-refractivity contribution in [3.63, 3.8) is 0 Å². The van der Waals surface area contributed by atoms with Gasteiger partial charge < -0.3 is 5.32 Å². The Balaban J connectivity index is 2.16. The normalized spacial score (nSPS) is 23.2. The highest BCUT2D eigenvalue weighted by molar-refractivity contribution is 9.10. The molecule has 1 heterocycles. The Labute approximate surface area is 136 Å². The van der Waals surface area contributed by atoms with Crippen LogP contribution in [0.3, 0.4) is 0 Å². The molecule has 1 unspecified atom stereocenters. The Bertz CT molecular complexity index is 474. The molecule has 0 bridgehead atoms. The first kappa shape index (κ1) is 16.3. The largest absolute Gasteiger partial charge is 0.311 e. The third kappa shape index (κ3) is 3.76. The highest BCUT2D eigenvalue weighted by Gasteiger charge is 2.34. The fourth-order valence-corrected chi connectivity index (χ4v) is 3.36. The van der Waals surface area contributed by atoms with Gasteiger partial charge in [0.25, 0.3) is 0 Å². The molecular formula is C16H24BrClN2. The Kier molecular flexibility index (Phi) is 5.17. The van der Waals surface area contributed by atoms with E-state index in [1.807, 2.05) is 6.07 Å². The maximum atomic E-state index is 6.37. The fourth-order valence-electron chi connectivity index (χ4n) is 2.62. The molecule has 0 amide bonds. The lowest BCUT2D eigenvalue weighted by Crippen LogP contribution is -2.62. The molecule has 1 atom stereocenters. The second kappa shape index (κ2) is 6.35. The van der Waals surface area contributed by atoms with Gasteiger partial charge in [0, 0.05) is 40.7 Å². The van der Waals surface area contributed by atoms with Crippen molar-refractivity contribution in [1.29, 1.82) is 0 Å². The lowest BCUT2D eigenvalue weighted by atomic mass is 9.92. The molecule has 0 spiro atoms. The van der Waals surface area contributed by atoms with Gasteiger partial charge in [-0.25, -0.2) is 0 Å². The molecule has 1 fully saturated rings. The molecule has 0 saturated carbocycles. The van der Waals surface area contributed by atoms with E-state index in [0.717, 1.165) is 29.1 Å². The Morgan fingerprint density at radius 3 is 2.75 bits per heavy atom. The van der Waals surface area contributed by atoms with Gasteiger partial charge in [0.15, 0.2) is 0 Å². The summed E-state index contributed by atoms with van der Waals surface area (Å²) in [7, 11) is 0. The van der Waals surface area contributed by atoms with E-state index in [1.54, 1.807) is 0 Å². The van der Waals surface area contributed by atoms with E-state index < -0.39 is 0 Å². The van der Waals surface area contributed by atoms with Gasteiger partial charge in [-0.05, 0) is 37.5 Å². The Morgan fingerprint density at radius 1 is 1.45 bits per heavy atom. The number of rotatable bonds is 3. The zero-order chi connectivity index (χ0) is 14.9. The predicted molar refractivity (Wildman–Crippen MR) is 90.3 cm³/mol. The summed E-state index contributed by atoms with van der Waals surface area (Å²) in [6.07, 6.45) is 0. The van der Waals surface area contributed by atoms with Crippen molar-refractivity contribution in [3.05, 3.63) is 33.3 Å². The summed E-state index contributed by atoms with van der Waals surface area (Å²) in [4.78, 5) is 2.54. The van der Waals surface area contributed by atoms with Gasteiger partial charge in [-0.2, -0.15) is 0 Å². The lowest BCUT2D eigenvalue weighted by Gasteiger charge is -2.47. The van der Waals surface area contributed by atoms with Gasteiger partial charge in [0.2, 0.25) is 0 Å². The summed E-state index contributed by atoms with van der Waals surface area (Å²) in [6, 6.07) is 6.72. The van der Waals surface area contributed by atoms with Crippen molar-refractivity contribution < 1.29 is 0 Å². The molecule has 1 saturated heterocycles. The molecule has 1 aliphatic rings. The summed E-state index contributed by atoms with van der Waals surface area (Å²) >= 11 is 9.83. The van der Waals surface area contributed by atoms with Gasteiger partial charge in [-0.1, -0.05) is 47.4 Å². The highest BCUT2D eigenvalue weighted by Crippen LogP contribution is 2.27. The molecular weight excluding hydrogens is 336 g/mol. The maximum Gasteiger partial charge on any atom is 0.0462 e. The van der Waals surface area contributed by atoms with Crippen LogP contribution < -0.4 is 5.32 Å². The van der Waals surface area contributed by atoms with Crippen molar-refractivity contribution in [2.45, 2.75) is 45.8 Å². The Hall–Kier alpha value is -0.0900. The summed E-state index contributed by atoms with van der Waals surface area (Å²) in [6.45, 7) is 12.1. The minimum atomic E-state index is 0.155. The Morgan fingerprint density at radius 2 is 2.15 bits per heavy atom. The van der Waals surface area contributed by atoms with E-state index in [4.69, 9.17) is 11.6 Å². The molecule has 1 aromatic carbocycles. The minimum absolute atomic E-state index is 0.155. The fraction of sp³-hybridized carbons (Fsp3) is 0.625.